The van der Waals surface area contributed by atoms with Gasteiger partial charge in [-0.2, -0.15) is 0 Å². The van der Waals surface area contributed by atoms with E-state index in [9.17, 15) is 4.79 Å². The zero-order valence-electron chi connectivity index (χ0n) is 13.7. The number of fused-ring (bicyclic) bond motifs is 2. The van der Waals surface area contributed by atoms with Crippen LogP contribution in [0.15, 0.2) is 97.6 Å². The van der Waals surface area contributed by atoms with Gasteiger partial charge < -0.3 is 5.11 Å². The van der Waals surface area contributed by atoms with Crippen LogP contribution in [0, 0.1) is 0 Å². The highest BCUT2D eigenvalue weighted by atomic mass is 16.4. The number of carbonyl (C=O) groups is 1. The van der Waals surface area contributed by atoms with Crippen LogP contribution in [-0.2, 0) is 4.79 Å². The smallest absolute Gasteiger partial charge is 0.327 e. The van der Waals surface area contributed by atoms with Gasteiger partial charge in [0.25, 0.3) is 0 Å². The molecule has 4 rings (SSSR count). The zero-order chi connectivity index (χ0) is 17.6. The lowest BCUT2D eigenvalue weighted by molar-refractivity contribution is -0.131. The van der Waals surface area contributed by atoms with Gasteiger partial charge in [-0.1, -0.05) is 91.5 Å². The van der Waals surface area contributed by atoms with Gasteiger partial charge in [-0.3, -0.25) is 0 Å². The van der Waals surface area contributed by atoms with Crippen molar-refractivity contribution in [2.75, 3.05) is 0 Å². The monoisotopic (exact) mass is 326 g/mol. The van der Waals surface area contributed by atoms with E-state index in [1.54, 1.807) is 0 Å². The summed E-state index contributed by atoms with van der Waals surface area (Å²) in [5.74, 6) is -0.981. The largest absolute Gasteiger partial charge is 0.478 e. The molecule has 122 valence electrons. The third kappa shape index (κ3) is 3.59. The van der Waals surface area contributed by atoms with Crippen molar-refractivity contribution in [3.05, 3.63) is 97.6 Å². The van der Waals surface area contributed by atoms with Crippen LogP contribution in [0.2, 0.25) is 0 Å². The molecule has 0 aliphatic heterocycles. The molecule has 0 amide bonds. The van der Waals surface area contributed by atoms with Crippen LogP contribution < -0.4 is 0 Å². The molecule has 0 aromatic carbocycles. The summed E-state index contributed by atoms with van der Waals surface area (Å²) in [5.41, 5.74) is 7.84. The zero-order valence-corrected chi connectivity index (χ0v) is 13.7. The molecule has 0 heterocycles. The molecular formula is C23H18O2. The first-order valence-corrected chi connectivity index (χ1v) is 8.02. The first-order valence-electron chi connectivity index (χ1n) is 8.02. The lowest BCUT2D eigenvalue weighted by atomic mass is 10.0. The number of aliphatic carboxylic acids is 1. The Labute approximate surface area is 147 Å². The summed E-state index contributed by atoms with van der Waals surface area (Å²) >= 11 is 0. The van der Waals surface area contributed by atoms with E-state index >= 15 is 0 Å². The minimum atomic E-state index is -0.981. The molecule has 25 heavy (non-hydrogen) atoms. The Morgan fingerprint density at radius 1 is 0.640 bits per heavy atom. The Balaban J connectivity index is 0.000000324. The molecule has 2 nitrogen and oxygen atoms in total. The molecule has 0 aromatic rings. The maximum absolute atomic E-state index is 9.25. The molecule has 0 saturated carbocycles. The van der Waals surface area contributed by atoms with Crippen LogP contribution in [0.3, 0.4) is 0 Å². The molecule has 1 N–H and O–H groups in total. The predicted molar refractivity (Wildman–Crippen MR) is 103 cm³/mol. The number of carboxylic acids is 1. The lowest BCUT2D eigenvalue weighted by Gasteiger charge is -2.03. The fraction of sp³-hybridized carbons (Fsp3) is 0. The van der Waals surface area contributed by atoms with Crippen LogP contribution in [0.25, 0.3) is 33.4 Å². The molecular weight excluding hydrogens is 308 g/mol. The highest BCUT2D eigenvalue weighted by Crippen LogP contribution is 2.41. The van der Waals surface area contributed by atoms with Crippen LogP contribution >= 0.6 is 0 Å². The Bertz CT molecular complexity index is 885. The van der Waals surface area contributed by atoms with E-state index in [1.165, 1.54) is 33.4 Å². The molecule has 0 spiro atoms. The first kappa shape index (κ1) is 16.5. The van der Waals surface area contributed by atoms with Gasteiger partial charge in [0.1, 0.15) is 0 Å². The summed E-state index contributed by atoms with van der Waals surface area (Å²) in [5, 5.41) is 7.60. The average Bonchev–Trinajstić information content (AvgIpc) is 3.00. The molecule has 0 fully saturated rings. The second-order valence-electron chi connectivity index (χ2n) is 5.60. The van der Waals surface area contributed by atoms with E-state index in [2.05, 4.69) is 91.5 Å². The fourth-order valence-corrected chi connectivity index (χ4v) is 2.90. The number of carboxylic acid groups (broad SMARTS) is 1. The van der Waals surface area contributed by atoms with Crippen molar-refractivity contribution in [2.45, 2.75) is 0 Å². The van der Waals surface area contributed by atoms with Crippen LogP contribution in [0.5, 0.6) is 0 Å². The van der Waals surface area contributed by atoms with Crippen molar-refractivity contribution in [3.63, 3.8) is 0 Å². The van der Waals surface area contributed by atoms with Crippen molar-refractivity contribution in [3.8, 4) is 33.4 Å². The molecule has 0 saturated heterocycles. The molecule has 0 aromatic heterocycles. The maximum Gasteiger partial charge on any atom is 0.327 e. The SMILES string of the molecule is C=CC(=O)O.c1ccc2ccc(-c3ccc4cccccc3-4)c-2cc1. The summed E-state index contributed by atoms with van der Waals surface area (Å²) in [4.78, 5) is 9.25. The van der Waals surface area contributed by atoms with E-state index in [0.717, 1.165) is 6.08 Å². The predicted octanol–water partition coefficient (Wildman–Crippen LogP) is 5.82. The van der Waals surface area contributed by atoms with E-state index in [4.69, 9.17) is 5.11 Å². The number of hydrogen-bond acceptors (Lipinski definition) is 1. The van der Waals surface area contributed by atoms with Crippen LogP contribution in [0.1, 0.15) is 0 Å². The van der Waals surface area contributed by atoms with Gasteiger partial charge in [0, 0.05) is 6.08 Å². The molecule has 2 heteroatoms. The standard InChI is InChI=1S/C20H14.C3H4O2/c1-3-7-15-11-13-19(17(15)9-5-1)20-14-12-16-8-4-2-6-10-18(16)20;1-2-3(4)5/h1-14H;2H,1H2,(H,4,5). The Hall–Kier alpha value is -3.39. The highest BCUT2D eigenvalue weighted by Gasteiger charge is 2.15. The van der Waals surface area contributed by atoms with Crippen LogP contribution in [-0.4, -0.2) is 11.1 Å². The van der Waals surface area contributed by atoms with Gasteiger partial charge in [0.2, 0.25) is 0 Å². The average molecular weight is 326 g/mol. The molecule has 0 radical (unpaired) electrons. The van der Waals surface area contributed by atoms with Gasteiger partial charge in [-0.25, -0.2) is 4.79 Å². The summed E-state index contributed by atoms with van der Waals surface area (Å²) in [6, 6.07) is 30.2. The van der Waals surface area contributed by atoms with Gasteiger partial charge >= 0.3 is 5.97 Å². The third-order valence-electron chi connectivity index (χ3n) is 4.05. The Morgan fingerprint density at radius 3 is 1.44 bits per heavy atom. The van der Waals surface area contributed by atoms with Gasteiger partial charge in [-0.15, -0.1) is 0 Å². The van der Waals surface area contributed by atoms with Crippen molar-refractivity contribution >= 4 is 5.97 Å². The van der Waals surface area contributed by atoms with Crippen molar-refractivity contribution in [1.82, 2.24) is 0 Å². The quantitative estimate of drug-likeness (QED) is 0.471. The maximum atomic E-state index is 9.25. The topological polar surface area (TPSA) is 37.3 Å². The normalized spacial score (nSPS) is 10.1. The van der Waals surface area contributed by atoms with E-state index < -0.39 is 5.97 Å². The fourth-order valence-electron chi connectivity index (χ4n) is 2.90. The van der Waals surface area contributed by atoms with Crippen LogP contribution in [0.4, 0.5) is 0 Å². The first-order chi connectivity index (χ1) is 12.2. The Morgan fingerprint density at radius 2 is 1.04 bits per heavy atom. The number of rotatable bonds is 2. The molecule has 4 aliphatic rings. The second-order valence-corrected chi connectivity index (χ2v) is 5.60. The van der Waals surface area contributed by atoms with Crippen molar-refractivity contribution in [2.24, 2.45) is 0 Å². The van der Waals surface area contributed by atoms with Gasteiger partial charge in [0.05, 0.1) is 0 Å². The van der Waals surface area contributed by atoms with E-state index in [0.29, 0.717) is 0 Å². The van der Waals surface area contributed by atoms with Gasteiger partial charge in [-0.05, 0) is 33.4 Å². The molecule has 0 unspecified atom stereocenters. The summed E-state index contributed by atoms with van der Waals surface area (Å²) in [7, 11) is 0. The van der Waals surface area contributed by atoms with E-state index in [1.807, 2.05) is 0 Å². The lowest BCUT2D eigenvalue weighted by Crippen LogP contribution is -1.82. The van der Waals surface area contributed by atoms with E-state index in [-0.39, 0.29) is 0 Å². The summed E-state index contributed by atoms with van der Waals surface area (Å²) in [6.45, 7) is 2.96. The molecule has 0 atom stereocenters. The highest BCUT2D eigenvalue weighted by molar-refractivity contribution is 5.94. The van der Waals surface area contributed by atoms with Crippen molar-refractivity contribution in [1.29, 1.82) is 0 Å². The summed E-state index contributed by atoms with van der Waals surface area (Å²) < 4.78 is 0. The molecule has 4 aliphatic carbocycles. The van der Waals surface area contributed by atoms with Gasteiger partial charge in [0.15, 0.2) is 0 Å². The summed E-state index contributed by atoms with van der Waals surface area (Å²) in [6.07, 6.45) is 0.833. The third-order valence-corrected chi connectivity index (χ3v) is 4.05. The Kier molecular flexibility index (Phi) is 4.91. The molecule has 0 bridgehead atoms. The second kappa shape index (κ2) is 7.45. The number of hydrogen-bond donors (Lipinski definition) is 1. The minimum absolute atomic E-state index is 0.833. The minimum Gasteiger partial charge on any atom is -0.478 e. The van der Waals surface area contributed by atoms with Crippen molar-refractivity contribution < 1.29 is 9.90 Å².